The lowest BCUT2D eigenvalue weighted by Gasteiger charge is -2.19. The molecule has 0 aliphatic heterocycles. The zero-order valence-electron chi connectivity index (χ0n) is 10.0. The van der Waals surface area contributed by atoms with Gasteiger partial charge in [-0.1, -0.05) is 29.8 Å². The van der Waals surface area contributed by atoms with Crippen LogP contribution in [0.25, 0.3) is 0 Å². The molecule has 0 amide bonds. The molecule has 0 spiro atoms. The van der Waals surface area contributed by atoms with Gasteiger partial charge in [-0.3, -0.25) is 0 Å². The zero-order chi connectivity index (χ0) is 12.1. The lowest BCUT2D eigenvalue weighted by atomic mass is 10.1. The molecule has 0 radical (unpaired) electrons. The van der Waals surface area contributed by atoms with E-state index in [-0.39, 0.29) is 6.10 Å². The van der Waals surface area contributed by atoms with Crippen molar-refractivity contribution in [3.63, 3.8) is 0 Å². The monoisotopic (exact) mass is 286 g/mol. The fraction of sp³-hybridized carbons (Fsp3) is 0.538. The molecule has 1 aromatic carbocycles. The third-order valence-corrected chi connectivity index (χ3v) is 3.12. The molecule has 3 heteroatoms. The lowest BCUT2D eigenvalue weighted by Crippen LogP contribution is -2.15. The highest BCUT2D eigenvalue weighted by Crippen LogP contribution is 2.29. The van der Waals surface area contributed by atoms with Crippen LogP contribution in [-0.2, 0) is 0 Å². The van der Waals surface area contributed by atoms with Crippen molar-refractivity contribution in [3.8, 4) is 5.75 Å². The minimum Gasteiger partial charge on any atom is -0.490 e. The molecule has 0 saturated carbocycles. The second-order valence-corrected chi connectivity index (χ2v) is 4.83. The smallest absolute Gasteiger partial charge is 0.125 e. The average Bonchev–Trinajstić information content (AvgIpc) is 2.27. The molecular formula is C13H19BrO2. The van der Waals surface area contributed by atoms with Gasteiger partial charge in [0.2, 0.25) is 0 Å². The van der Waals surface area contributed by atoms with E-state index in [1.54, 1.807) is 6.92 Å². The van der Waals surface area contributed by atoms with Gasteiger partial charge >= 0.3 is 0 Å². The summed E-state index contributed by atoms with van der Waals surface area (Å²) < 4.78 is 6.84. The second-order valence-electron chi connectivity index (χ2n) is 3.91. The quantitative estimate of drug-likeness (QED) is 0.884. The van der Waals surface area contributed by atoms with Crippen LogP contribution in [-0.4, -0.2) is 11.2 Å². The van der Waals surface area contributed by atoms with Gasteiger partial charge in [-0.15, -0.1) is 0 Å². The van der Waals surface area contributed by atoms with Gasteiger partial charge in [0, 0.05) is 10.0 Å². The van der Waals surface area contributed by atoms with E-state index >= 15 is 0 Å². The summed E-state index contributed by atoms with van der Waals surface area (Å²) in [5.74, 6) is 0.784. The van der Waals surface area contributed by atoms with Crippen molar-refractivity contribution in [3.05, 3.63) is 28.2 Å². The summed E-state index contributed by atoms with van der Waals surface area (Å²) in [5.41, 5.74) is 0.835. The maximum Gasteiger partial charge on any atom is 0.125 e. The van der Waals surface area contributed by atoms with Crippen molar-refractivity contribution < 1.29 is 9.84 Å². The Kier molecular flexibility index (Phi) is 5.29. The Labute approximate surface area is 106 Å². The molecule has 0 saturated heterocycles. The van der Waals surface area contributed by atoms with Gasteiger partial charge < -0.3 is 9.84 Å². The van der Waals surface area contributed by atoms with Gasteiger partial charge in [-0.05, 0) is 38.0 Å². The van der Waals surface area contributed by atoms with E-state index in [2.05, 4.69) is 29.8 Å². The van der Waals surface area contributed by atoms with Crippen LogP contribution >= 0.6 is 15.9 Å². The third kappa shape index (κ3) is 3.49. The van der Waals surface area contributed by atoms with Crippen LogP contribution in [0.1, 0.15) is 45.3 Å². The van der Waals surface area contributed by atoms with Crippen LogP contribution in [0, 0.1) is 0 Å². The van der Waals surface area contributed by atoms with E-state index in [0.29, 0.717) is 0 Å². The van der Waals surface area contributed by atoms with E-state index in [1.165, 1.54) is 0 Å². The van der Waals surface area contributed by atoms with Crippen LogP contribution < -0.4 is 4.74 Å². The van der Waals surface area contributed by atoms with Crippen molar-refractivity contribution in [1.29, 1.82) is 0 Å². The van der Waals surface area contributed by atoms with Crippen molar-refractivity contribution >= 4 is 15.9 Å². The second kappa shape index (κ2) is 6.26. The van der Waals surface area contributed by atoms with Crippen molar-refractivity contribution in [2.75, 3.05) is 0 Å². The average molecular weight is 287 g/mol. The highest BCUT2D eigenvalue weighted by molar-refractivity contribution is 9.10. The first-order chi connectivity index (χ1) is 7.58. The van der Waals surface area contributed by atoms with Crippen LogP contribution in [0.2, 0.25) is 0 Å². The van der Waals surface area contributed by atoms with Crippen LogP contribution in [0.3, 0.4) is 0 Å². The van der Waals surface area contributed by atoms with Crippen LogP contribution in [0.4, 0.5) is 0 Å². The SMILES string of the molecule is CCC(CC)Oc1ccc(Br)cc1C(C)O. The van der Waals surface area contributed by atoms with Crippen molar-refractivity contribution in [2.24, 2.45) is 0 Å². The first-order valence-corrected chi connectivity index (χ1v) is 6.51. The van der Waals surface area contributed by atoms with E-state index in [4.69, 9.17) is 4.74 Å². The fourth-order valence-corrected chi connectivity index (χ4v) is 1.97. The summed E-state index contributed by atoms with van der Waals surface area (Å²) in [4.78, 5) is 0. The summed E-state index contributed by atoms with van der Waals surface area (Å²) in [6.45, 7) is 5.96. The van der Waals surface area contributed by atoms with Gasteiger partial charge in [0.05, 0.1) is 12.2 Å². The minimum absolute atomic E-state index is 0.221. The predicted molar refractivity (Wildman–Crippen MR) is 69.8 cm³/mol. The number of benzene rings is 1. The first kappa shape index (κ1) is 13.5. The molecule has 0 heterocycles. The molecule has 16 heavy (non-hydrogen) atoms. The Morgan fingerprint density at radius 2 is 1.94 bits per heavy atom. The molecule has 1 rings (SSSR count). The Morgan fingerprint density at radius 1 is 1.31 bits per heavy atom. The van der Waals surface area contributed by atoms with Gasteiger partial charge in [0.15, 0.2) is 0 Å². The molecule has 1 N–H and O–H groups in total. The maximum absolute atomic E-state index is 9.69. The standard InChI is InChI=1S/C13H19BrO2/c1-4-11(5-2)16-13-7-6-10(14)8-12(13)9(3)15/h6-9,11,15H,4-5H2,1-3H3. The largest absolute Gasteiger partial charge is 0.490 e. The van der Waals surface area contributed by atoms with Crippen molar-refractivity contribution in [2.45, 2.75) is 45.8 Å². The summed E-state index contributed by atoms with van der Waals surface area (Å²) in [7, 11) is 0. The molecular weight excluding hydrogens is 268 g/mol. The molecule has 0 aliphatic rings. The molecule has 90 valence electrons. The summed E-state index contributed by atoms with van der Waals surface area (Å²) >= 11 is 3.40. The normalized spacial score (nSPS) is 12.9. The van der Waals surface area contributed by atoms with E-state index in [0.717, 1.165) is 28.6 Å². The molecule has 1 unspecified atom stereocenters. The number of hydrogen-bond donors (Lipinski definition) is 1. The van der Waals surface area contributed by atoms with Crippen molar-refractivity contribution in [1.82, 2.24) is 0 Å². The van der Waals surface area contributed by atoms with E-state index < -0.39 is 6.10 Å². The van der Waals surface area contributed by atoms with Gasteiger partial charge in [0.25, 0.3) is 0 Å². The van der Waals surface area contributed by atoms with Gasteiger partial charge in [-0.25, -0.2) is 0 Å². The van der Waals surface area contributed by atoms with E-state index in [9.17, 15) is 5.11 Å². The van der Waals surface area contributed by atoms with Gasteiger partial charge in [-0.2, -0.15) is 0 Å². The summed E-state index contributed by atoms with van der Waals surface area (Å²) in [6, 6.07) is 5.75. The number of ether oxygens (including phenoxy) is 1. The molecule has 0 fully saturated rings. The number of halogens is 1. The highest BCUT2D eigenvalue weighted by Gasteiger charge is 2.13. The molecule has 0 bridgehead atoms. The van der Waals surface area contributed by atoms with E-state index in [1.807, 2.05) is 18.2 Å². The lowest BCUT2D eigenvalue weighted by molar-refractivity contribution is 0.166. The number of hydrogen-bond acceptors (Lipinski definition) is 2. The maximum atomic E-state index is 9.69. The minimum atomic E-state index is -0.512. The Bertz CT molecular complexity index is 333. The molecule has 0 aliphatic carbocycles. The third-order valence-electron chi connectivity index (χ3n) is 2.63. The molecule has 2 nitrogen and oxygen atoms in total. The highest BCUT2D eigenvalue weighted by atomic mass is 79.9. The topological polar surface area (TPSA) is 29.5 Å². The van der Waals surface area contributed by atoms with Crippen LogP contribution in [0.5, 0.6) is 5.75 Å². The summed E-state index contributed by atoms with van der Waals surface area (Å²) in [5, 5.41) is 9.69. The number of rotatable bonds is 5. The molecule has 1 aromatic rings. The fourth-order valence-electron chi connectivity index (χ4n) is 1.59. The number of aliphatic hydroxyl groups excluding tert-OH is 1. The molecule has 0 aromatic heterocycles. The Morgan fingerprint density at radius 3 is 2.44 bits per heavy atom. The first-order valence-electron chi connectivity index (χ1n) is 5.72. The summed E-state index contributed by atoms with van der Waals surface area (Å²) in [6.07, 6.45) is 1.66. The van der Waals surface area contributed by atoms with Gasteiger partial charge in [0.1, 0.15) is 5.75 Å². The Balaban J connectivity index is 2.94. The molecule has 1 atom stereocenters. The predicted octanol–water partition coefficient (Wildman–Crippen LogP) is 4.07. The van der Waals surface area contributed by atoms with Crippen LogP contribution in [0.15, 0.2) is 22.7 Å². The number of aliphatic hydroxyl groups is 1. The zero-order valence-corrected chi connectivity index (χ0v) is 11.6. The Hall–Kier alpha value is -0.540.